The molecule has 3 nitrogen and oxygen atoms in total. The molecule has 1 unspecified atom stereocenters. The van der Waals surface area contributed by atoms with Crippen LogP contribution in [0.3, 0.4) is 0 Å². The second-order valence-corrected chi connectivity index (χ2v) is 21.4. The van der Waals surface area contributed by atoms with Crippen molar-refractivity contribution in [1.82, 2.24) is 0 Å². The van der Waals surface area contributed by atoms with Crippen LogP contribution >= 0.6 is 0 Å². The van der Waals surface area contributed by atoms with E-state index in [1.165, 1.54) is 112 Å². The number of fused-ring (bicyclic) bond motifs is 8. The van der Waals surface area contributed by atoms with E-state index in [1.54, 1.807) is 0 Å². The zero-order valence-electron chi connectivity index (χ0n) is 39.3. The van der Waals surface area contributed by atoms with Crippen LogP contribution in [0.4, 0.5) is 45.5 Å². The third-order valence-electron chi connectivity index (χ3n) is 15.4. The zero-order chi connectivity index (χ0) is 45.3. The van der Waals surface area contributed by atoms with E-state index in [0.717, 1.165) is 6.42 Å². The highest BCUT2D eigenvalue weighted by Crippen LogP contribution is 2.49. The molecule has 5 aliphatic rings. The highest BCUT2D eigenvalue weighted by atomic mass is 15.2. The molecule has 0 spiro atoms. The molecule has 1 atom stereocenters. The average Bonchev–Trinajstić information content (AvgIpc) is 3.35. The van der Waals surface area contributed by atoms with Gasteiger partial charge in [-0.3, -0.25) is 0 Å². The summed E-state index contributed by atoms with van der Waals surface area (Å²) in [4.78, 5) is 7.79. The fraction of sp³-hybridized carbons (Fsp3) is 0.161. The summed E-state index contributed by atoms with van der Waals surface area (Å²) in [5.41, 5.74) is 25.8. The maximum atomic E-state index is 2.68. The lowest BCUT2D eigenvalue weighted by Crippen LogP contribution is -2.68. The normalized spacial score (nSPS) is 16.2. The van der Waals surface area contributed by atoms with Gasteiger partial charge in [0, 0.05) is 51.2 Å². The minimum absolute atomic E-state index is 0.00725. The van der Waals surface area contributed by atoms with Crippen LogP contribution in [0.15, 0.2) is 200 Å². The summed E-state index contributed by atoms with van der Waals surface area (Å²) in [6.07, 6.45) is 8.37. The average molecular weight is 862 g/mol. The summed E-state index contributed by atoms with van der Waals surface area (Å²) in [6, 6.07) is 66.9. The van der Waals surface area contributed by atoms with Crippen LogP contribution in [-0.2, 0) is 5.41 Å². The van der Waals surface area contributed by atoms with Gasteiger partial charge in [-0.25, -0.2) is 0 Å². The Morgan fingerprint density at radius 2 is 0.925 bits per heavy atom. The number of rotatable bonds is 4. The lowest BCUT2D eigenvalue weighted by atomic mass is 9.29. The Labute approximate surface area is 396 Å². The van der Waals surface area contributed by atoms with E-state index in [9.17, 15) is 0 Å². The summed E-state index contributed by atoms with van der Waals surface area (Å²) < 4.78 is 0. The summed E-state index contributed by atoms with van der Waals surface area (Å²) in [7, 11) is 0. The minimum Gasteiger partial charge on any atom is -0.312 e. The lowest BCUT2D eigenvalue weighted by Gasteiger charge is -2.50. The number of allylic oxidation sites excluding steroid dienone is 3. The molecule has 322 valence electrons. The largest absolute Gasteiger partial charge is 0.312 e. The Hall–Kier alpha value is -7.23. The van der Waals surface area contributed by atoms with Crippen molar-refractivity contribution >= 4 is 91.7 Å². The van der Waals surface area contributed by atoms with Crippen LogP contribution in [0.2, 0.25) is 0 Å². The quantitative estimate of drug-likeness (QED) is 0.163. The van der Waals surface area contributed by atoms with Crippen molar-refractivity contribution in [1.29, 1.82) is 0 Å². The molecule has 0 N–H and O–H groups in total. The first-order valence-corrected chi connectivity index (χ1v) is 24.2. The summed E-state index contributed by atoms with van der Waals surface area (Å²) in [5, 5.41) is 0. The second-order valence-electron chi connectivity index (χ2n) is 21.4. The Balaban J connectivity index is 1.13. The standard InChI is InChI=1S/C62H53B2N3/c1-61(2,3)44-28-32-46(33-29-44)65-52-24-15-13-22-48(52)63-50-36-42(40-18-9-7-10-19-40)37-51-60(50)67(55-27-17-26-54(65)58(55)63)57-39-43(41-20-11-8-12-21-41)38-56-59(57)64(51)49-23-14-16-25-53(49)66(56)47-34-30-45(31-35-47)62(4,5)6/h7-30,32-39,45H,31H2,1-6H3. The van der Waals surface area contributed by atoms with Gasteiger partial charge < -0.3 is 14.7 Å². The highest BCUT2D eigenvalue weighted by Gasteiger charge is 2.50. The smallest absolute Gasteiger partial charge is 0.252 e. The maximum absolute atomic E-state index is 2.68. The van der Waals surface area contributed by atoms with Crippen LogP contribution in [0.1, 0.15) is 53.5 Å². The van der Waals surface area contributed by atoms with Gasteiger partial charge in [-0.15, -0.1) is 0 Å². The lowest BCUT2D eigenvalue weighted by molar-refractivity contribution is 0.293. The Kier molecular flexibility index (Phi) is 8.75. The van der Waals surface area contributed by atoms with E-state index < -0.39 is 0 Å². The first-order chi connectivity index (χ1) is 32.5. The first kappa shape index (κ1) is 40.1. The van der Waals surface area contributed by atoms with Crippen LogP contribution in [-0.4, -0.2) is 13.4 Å². The van der Waals surface area contributed by atoms with Crippen LogP contribution in [0, 0.1) is 11.3 Å². The van der Waals surface area contributed by atoms with Gasteiger partial charge in [-0.1, -0.05) is 181 Å². The molecular weight excluding hydrogens is 808 g/mol. The summed E-state index contributed by atoms with van der Waals surface area (Å²) >= 11 is 0. The maximum Gasteiger partial charge on any atom is 0.252 e. The molecule has 0 saturated carbocycles. The van der Waals surface area contributed by atoms with E-state index in [2.05, 4.69) is 250 Å². The Morgan fingerprint density at radius 1 is 0.433 bits per heavy atom. The van der Waals surface area contributed by atoms with E-state index in [4.69, 9.17) is 0 Å². The van der Waals surface area contributed by atoms with Crippen molar-refractivity contribution in [3.8, 4) is 22.3 Å². The van der Waals surface area contributed by atoms with Gasteiger partial charge in [0.05, 0.1) is 0 Å². The van der Waals surface area contributed by atoms with Crippen molar-refractivity contribution in [3.63, 3.8) is 0 Å². The first-order valence-electron chi connectivity index (χ1n) is 24.2. The summed E-state index contributed by atoms with van der Waals surface area (Å²) in [5.74, 6) is 0.474. The minimum atomic E-state index is 0.00725. The predicted octanol–water partition coefficient (Wildman–Crippen LogP) is 12.2. The monoisotopic (exact) mass is 861 g/mol. The van der Waals surface area contributed by atoms with E-state index in [0.29, 0.717) is 5.92 Å². The molecular formula is C62H53B2N3. The third-order valence-corrected chi connectivity index (χ3v) is 15.4. The number of hydrogen-bond acceptors (Lipinski definition) is 3. The van der Waals surface area contributed by atoms with Crippen LogP contribution in [0.5, 0.6) is 0 Å². The van der Waals surface area contributed by atoms with Gasteiger partial charge in [0.1, 0.15) is 0 Å². The molecule has 8 aromatic carbocycles. The second kappa shape index (κ2) is 14.6. The molecule has 67 heavy (non-hydrogen) atoms. The summed E-state index contributed by atoms with van der Waals surface area (Å²) in [6.45, 7) is 14.0. The van der Waals surface area contributed by atoms with Crippen molar-refractivity contribution in [2.75, 3.05) is 14.7 Å². The van der Waals surface area contributed by atoms with Gasteiger partial charge in [-0.2, -0.15) is 0 Å². The SMILES string of the molecule is CC(C)(C)c1ccc(N2c3ccccc3B3c4cc(-c5ccccc5)cc5c4N(c4cc(-c6ccccc6)cc6c4B5c4ccccc4N6C4=CCC(C(C)(C)C)C=C4)c4cccc2c43)cc1. The van der Waals surface area contributed by atoms with Crippen molar-refractivity contribution in [3.05, 3.63) is 205 Å². The number of nitrogens with zero attached hydrogens (tertiary/aromatic N) is 3. The van der Waals surface area contributed by atoms with E-state index in [1.807, 2.05) is 0 Å². The number of anilines is 8. The molecule has 13 rings (SSSR count). The van der Waals surface area contributed by atoms with Crippen molar-refractivity contribution in [2.24, 2.45) is 11.3 Å². The zero-order valence-corrected chi connectivity index (χ0v) is 39.3. The number of para-hydroxylation sites is 2. The van der Waals surface area contributed by atoms with Gasteiger partial charge >= 0.3 is 0 Å². The fourth-order valence-corrected chi connectivity index (χ4v) is 12.0. The van der Waals surface area contributed by atoms with Gasteiger partial charge in [-0.05, 0) is 138 Å². The van der Waals surface area contributed by atoms with Crippen molar-refractivity contribution < 1.29 is 0 Å². The topological polar surface area (TPSA) is 9.72 Å². The van der Waals surface area contributed by atoms with E-state index in [-0.39, 0.29) is 24.3 Å². The van der Waals surface area contributed by atoms with Crippen molar-refractivity contribution in [2.45, 2.75) is 53.4 Å². The van der Waals surface area contributed by atoms with Gasteiger partial charge in [0.2, 0.25) is 0 Å². The highest BCUT2D eigenvalue weighted by molar-refractivity contribution is 7.04. The van der Waals surface area contributed by atoms with Crippen LogP contribution < -0.4 is 47.5 Å². The van der Waals surface area contributed by atoms with Gasteiger partial charge in [0.15, 0.2) is 0 Å². The predicted molar refractivity (Wildman–Crippen MR) is 288 cm³/mol. The molecule has 0 bridgehead atoms. The molecule has 4 aliphatic heterocycles. The molecule has 0 radical (unpaired) electrons. The Bertz CT molecular complexity index is 3370. The third kappa shape index (κ3) is 6.06. The Morgan fingerprint density at radius 3 is 1.48 bits per heavy atom. The number of hydrogen-bond donors (Lipinski definition) is 0. The fourth-order valence-electron chi connectivity index (χ4n) is 12.0. The molecule has 0 aromatic heterocycles. The molecule has 0 saturated heterocycles. The van der Waals surface area contributed by atoms with Crippen LogP contribution in [0.25, 0.3) is 22.3 Å². The molecule has 4 heterocycles. The van der Waals surface area contributed by atoms with E-state index >= 15 is 0 Å². The molecule has 5 heteroatoms. The van der Waals surface area contributed by atoms with Gasteiger partial charge in [0.25, 0.3) is 13.4 Å². The molecule has 0 fully saturated rings. The number of benzene rings is 8. The molecule has 8 aromatic rings. The molecule has 0 amide bonds. The molecule has 1 aliphatic carbocycles.